The lowest BCUT2D eigenvalue weighted by Crippen LogP contribution is -2.37. The minimum absolute atomic E-state index is 0.137. The van der Waals surface area contributed by atoms with Crippen molar-refractivity contribution in [3.8, 4) is 17.2 Å². The molecule has 0 bridgehead atoms. The second-order valence-corrected chi connectivity index (χ2v) is 8.99. The Morgan fingerprint density at radius 3 is 2.24 bits per heavy atom. The maximum absolute atomic E-state index is 12.6. The number of hydrogen-bond donors (Lipinski definition) is 1. The largest absolute Gasteiger partial charge is 0.480 e. The van der Waals surface area contributed by atoms with Crippen LogP contribution in [0.1, 0.15) is 34.6 Å². The summed E-state index contributed by atoms with van der Waals surface area (Å²) in [5, 5.41) is 9.27. The van der Waals surface area contributed by atoms with Crippen molar-refractivity contribution in [3.05, 3.63) is 107 Å². The van der Waals surface area contributed by atoms with Gasteiger partial charge in [0.25, 0.3) is 0 Å². The summed E-state index contributed by atoms with van der Waals surface area (Å²) >= 11 is 0. The zero-order valence-electron chi connectivity index (χ0n) is 21.0. The number of amides is 1. The molecular formula is C30H30N2O5. The highest BCUT2D eigenvalue weighted by Gasteiger charge is 2.19. The number of carboxylic acid groups (broad SMARTS) is 1. The Morgan fingerprint density at radius 1 is 0.892 bits per heavy atom. The number of oxazole rings is 1. The van der Waals surface area contributed by atoms with Gasteiger partial charge in [0.05, 0.1) is 5.69 Å². The maximum atomic E-state index is 12.6. The van der Waals surface area contributed by atoms with Crippen LogP contribution < -0.4 is 4.74 Å². The molecule has 0 radical (unpaired) electrons. The van der Waals surface area contributed by atoms with Crippen LogP contribution in [0.2, 0.25) is 0 Å². The quantitative estimate of drug-likeness (QED) is 0.279. The molecule has 37 heavy (non-hydrogen) atoms. The highest BCUT2D eigenvalue weighted by atomic mass is 16.6. The molecule has 0 aliphatic carbocycles. The van der Waals surface area contributed by atoms with E-state index in [0.717, 1.165) is 53.0 Å². The van der Waals surface area contributed by atoms with Gasteiger partial charge in [-0.3, -0.25) is 9.69 Å². The lowest BCUT2D eigenvalue weighted by atomic mass is 10.0. The summed E-state index contributed by atoms with van der Waals surface area (Å²) < 4.78 is 11.2. The van der Waals surface area contributed by atoms with Crippen LogP contribution in [0.5, 0.6) is 5.75 Å². The van der Waals surface area contributed by atoms with Crippen LogP contribution in [0.25, 0.3) is 11.5 Å². The van der Waals surface area contributed by atoms with Crippen LogP contribution in [-0.2, 0) is 24.2 Å². The predicted molar refractivity (Wildman–Crippen MR) is 140 cm³/mol. The fourth-order valence-electron chi connectivity index (χ4n) is 3.98. The number of hydrogen-bond acceptors (Lipinski definition) is 5. The molecule has 7 nitrogen and oxygen atoms in total. The van der Waals surface area contributed by atoms with Gasteiger partial charge in [0.1, 0.15) is 18.1 Å². The van der Waals surface area contributed by atoms with Crippen molar-refractivity contribution in [1.82, 2.24) is 9.88 Å². The zero-order chi connectivity index (χ0) is 26.2. The predicted octanol–water partition coefficient (Wildman–Crippen LogP) is 6.22. The fraction of sp³-hybridized carbons (Fsp3) is 0.233. The Hall–Kier alpha value is -4.39. The fourth-order valence-corrected chi connectivity index (χ4v) is 3.98. The molecule has 0 aliphatic rings. The molecule has 0 atom stereocenters. The highest BCUT2D eigenvalue weighted by molar-refractivity contribution is 5.78. The molecule has 0 saturated heterocycles. The summed E-state index contributed by atoms with van der Waals surface area (Å²) in [7, 11) is 0. The molecule has 1 N–H and O–H groups in total. The van der Waals surface area contributed by atoms with Crippen molar-refractivity contribution in [2.45, 2.75) is 39.7 Å². The Bertz CT molecular complexity index is 1330. The summed E-state index contributed by atoms with van der Waals surface area (Å²) in [5.74, 6) is 0.755. The van der Waals surface area contributed by atoms with E-state index in [4.69, 9.17) is 9.15 Å². The first kappa shape index (κ1) is 25.7. The molecule has 3 aromatic carbocycles. The summed E-state index contributed by atoms with van der Waals surface area (Å²) in [4.78, 5) is 29.8. The summed E-state index contributed by atoms with van der Waals surface area (Å²) in [5.41, 5.74) is 4.94. The molecule has 190 valence electrons. The second-order valence-electron chi connectivity index (χ2n) is 8.99. The maximum Gasteiger partial charge on any atom is 0.416 e. The molecule has 0 aliphatic heterocycles. The van der Waals surface area contributed by atoms with Gasteiger partial charge in [0.2, 0.25) is 5.89 Å². The van der Waals surface area contributed by atoms with Gasteiger partial charge >= 0.3 is 12.1 Å². The van der Waals surface area contributed by atoms with Crippen LogP contribution in [0.15, 0.2) is 83.3 Å². The average molecular weight is 499 g/mol. The molecule has 0 fully saturated rings. The van der Waals surface area contributed by atoms with E-state index in [9.17, 15) is 14.7 Å². The third-order valence-corrected chi connectivity index (χ3v) is 6.00. The smallest absolute Gasteiger partial charge is 0.416 e. The van der Waals surface area contributed by atoms with Gasteiger partial charge in [-0.1, -0.05) is 60.2 Å². The SMILES string of the molecule is Cc1ccc(OC(=O)N(CC(=O)O)Cc2ccc(CCCc3nc(-c4ccccc4)oc3C)cc2)cc1. The van der Waals surface area contributed by atoms with Gasteiger partial charge in [0.15, 0.2) is 0 Å². The van der Waals surface area contributed by atoms with Crippen LogP contribution >= 0.6 is 0 Å². The molecule has 7 heteroatoms. The van der Waals surface area contributed by atoms with Gasteiger partial charge in [-0.15, -0.1) is 0 Å². The summed E-state index contributed by atoms with van der Waals surface area (Å²) in [6.07, 6.45) is 1.88. The van der Waals surface area contributed by atoms with Crippen LogP contribution in [0.4, 0.5) is 4.79 Å². The highest BCUT2D eigenvalue weighted by Crippen LogP contribution is 2.22. The van der Waals surface area contributed by atoms with Crippen molar-refractivity contribution >= 4 is 12.1 Å². The summed E-state index contributed by atoms with van der Waals surface area (Å²) in [6, 6.07) is 24.7. The number of nitrogens with zero attached hydrogens (tertiary/aromatic N) is 2. The van der Waals surface area contributed by atoms with Crippen molar-refractivity contribution in [2.75, 3.05) is 6.54 Å². The lowest BCUT2D eigenvalue weighted by molar-refractivity contribution is -0.138. The monoisotopic (exact) mass is 498 g/mol. The van der Waals surface area contributed by atoms with E-state index in [1.54, 1.807) is 12.1 Å². The first-order valence-corrected chi connectivity index (χ1v) is 12.2. The molecule has 4 rings (SSSR count). The normalized spacial score (nSPS) is 10.8. The third kappa shape index (κ3) is 7.30. The number of carboxylic acids is 1. The molecule has 4 aromatic rings. The van der Waals surface area contributed by atoms with Crippen molar-refractivity contribution in [3.63, 3.8) is 0 Å². The number of carbonyl (C=O) groups is 2. The Kier molecular flexibility index (Phi) is 8.36. The van der Waals surface area contributed by atoms with Gasteiger partial charge in [-0.2, -0.15) is 0 Å². The van der Waals surface area contributed by atoms with Crippen molar-refractivity contribution in [1.29, 1.82) is 0 Å². The minimum atomic E-state index is -1.10. The van der Waals surface area contributed by atoms with Crippen LogP contribution in [-0.4, -0.2) is 33.6 Å². The standard InChI is InChI=1S/C30H30N2O5/c1-21-11-17-26(18-12-21)37-30(35)32(20-28(33)34)19-24-15-13-23(14-16-24)7-6-10-27-22(2)36-29(31-27)25-8-4-3-5-9-25/h3-5,8-9,11-18H,6-7,10,19-20H2,1-2H3,(H,33,34). The van der Waals surface area contributed by atoms with Crippen LogP contribution in [0, 0.1) is 13.8 Å². The number of aryl methyl sites for hydroxylation is 4. The average Bonchev–Trinajstić information content (AvgIpc) is 3.26. The molecule has 0 unspecified atom stereocenters. The molecule has 0 saturated carbocycles. The Labute approximate surface area is 216 Å². The number of aliphatic carboxylic acids is 1. The third-order valence-electron chi connectivity index (χ3n) is 6.00. The number of carbonyl (C=O) groups excluding carboxylic acids is 1. The summed E-state index contributed by atoms with van der Waals surface area (Å²) in [6.45, 7) is 3.56. The zero-order valence-corrected chi connectivity index (χ0v) is 21.0. The van der Waals surface area contributed by atoms with E-state index >= 15 is 0 Å². The van der Waals surface area contributed by atoms with Crippen molar-refractivity contribution < 1.29 is 23.8 Å². The second kappa shape index (κ2) is 12.0. The van der Waals surface area contributed by atoms with Gasteiger partial charge < -0.3 is 14.3 Å². The Morgan fingerprint density at radius 2 is 1.57 bits per heavy atom. The minimum Gasteiger partial charge on any atom is -0.480 e. The Balaban J connectivity index is 1.32. The van der Waals surface area contributed by atoms with E-state index in [0.29, 0.717) is 11.6 Å². The van der Waals surface area contributed by atoms with Gasteiger partial charge in [0, 0.05) is 12.1 Å². The molecular weight excluding hydrogens is 468 g/mol. The number of benzene rings is 3. The number of aromatic nitrogens is 1. The number of ether oxygens (including phenoxy) is 1. The lowest BCUT2D eigenvalue weighted by Gasteiger charge is -2.20. The van der Waals surface area contributed by atoms with Crippen molar-refractivity contribution in [2.24, 2.45) is 0 Å². The first-order valence-electron chi connectivity index (χ1n) is 12.2. The van der Waals surface area contributed by atoms with Gasteiger partial charge in [-0.25, -0.2) is 9.78 Å². The van der Waals surface area contributed by atoms with E-state index in [2.05, 4.69) is 4.98 Å². The van der Waals surface area contributed by atoms with E-state index in [-0.39, 0.29) is 6.54 Å². The van der Waals surface area contributed by atoms with E-state index in [1.165, 1.54) is 4.90 Å². The molecule has 0 spiro atoms. The topological polar surface area (TPSA) is 92.9 Å². The molecule has 1 heterocycles. The van der Waals surface area contributed by atoms with E-state index in [1.807, 2.05) is 80.6 Å². The molecule has 1 aromatic heterocycles. The molecule has 1 amide bonds. The first-order chi connectivity index (χ1) is 17.9. The van der Waals surface area contributed by atoms with Crippen LogP contribution in [0.3, 0.4) is 0 Å². The number of rotatable bonds is 10. The van der Waals surface area contributed by atoms with E-state index < -0.39 is 18.6 Å². The van der Waals surface area contributed by atoms with Gasteiger partial charge in [-0.05, 0) is 68.5 Å².